The Morgan fingerprint density at radius 3 is 2.67 bits per heavy atom. The average molecular weight is 287 g/mol. The number of carboxylic acids is 1. The predicted molar refractivity (Wildman–Crippen MR) is 76.8 cm³/mol. The summed E-state index contributed by atoms with van der Waals surface area (Å²) in [7, 11) is 1.57. The van der Waals surface area contributed by atoms with Gasteiger partial charge in [0, 0.05) is 25.3 Å². The molecule has 1 heterocycles. The van der Waals surface area contributed by atoms with Crippen molar-refractivity contribution in [3.05, 3.63) is 29.8 Å². The van der Waals surface area contributed by atoms with E-state index in [9.17, 15) is 14.7 Å². The summed E-state index contributed by atoms with van der Waals surface area (Å²) in [6, 6.07) is 6.25. The number of rotatable bonds is 5. The van der Waals surface area contributed by atoms with E-state index in [1.54, 1.807) is 31.4 Å². The first-order chi connectivity index (χ1) is 10.0. The molecule has 1 unspecified atom stereocenters. The van der Waals surface area contributed by atoms with Crippen LogP contribution in [0.15, 0.2) is 24.3 Å². The normalized spacial score (nSPS) is 19.1. The summed E-state index contributed by atoms with van der Waals surface area (Å²) >= 11 is 0. The van der Waals surface area contributed by atoms with Gasteiger partial charge >= 0.3 is 5.97 Å². The second-order valence-corrected chi connectivity index (χ2v) is 5.02. The molecule has 0 radical (unpaired) electrons. The van der Waals surface area contributed by atoms with Gasteiger partial charge in [-0.25, -0.2) is 4.79 Å². The standard InChI is InChI=1S/C16H17NO4/c1-3-11-9-15(18)17(10-11)14(16(19)20)8-12-4-6-13(21-2)7-5-12/h1,4-7,11,14H,8-10H2,2H3,(H,19,20)/t11?,14-/m0/s1. The summed E-state index contributed by atoms with van der Waals surface area (Å²) in [5, 5.41) is 9.40. The molecular weight excluding hydrogens is 270 g/mol. The van der Waals surface area contributed by atoms with Gasteiger partial charge in [0.2, 0.25) is 5.91 Å². The predicted octanol–water partition coefficient (Wildman–Crippen LogP) is 1.17. The Kier molecular flexibility index (Phi) is 4.49. The zero-order chi connectivity index (χ0) is 15.4. The van der Waals surface area contributed by atoms with E-state index < -0.39 is 12.0 Å². The van der Waals surface area contributed by atoms with Gasteiger partial charge < -0.3 is 14.7 Å². The van der Waals surface area contributed by atoms with Gasteiger partial charge in [0.15, 0.2) is 0 Å². The summed E-state index contributed by atoms with van der Waals surface area (Å²) in [6.45, 7) is 0.308. The summed E-state index contributed by atoms with van der Waals surface area (Å²) in [5.41, 5.74) is 0.833. The third-order valence-corrected chi connectivity index (χ3v) is 3.64. The maximum absolute atomic E-state index is 11.9. The lowest BCUT2D eigenvalue weighted by Gasteiger charge is -2.24. The molecule has 5 nitrogen and oxygen atoms in total. The molecule has 1 saturated heterocycles. The van der Waals surface area contributed by atoms with E-state index in [1.807, 2.05) is 0 Å². The molecular formula is C16H17NO4. The molecule has 5 heteroatoms. The molecule has 0 aliphatic carbocycles. The van der Waals surface area contributed by atoms with Gasteiger partial charge in [0.25, 0.3) is 0 Å². The van der Waals surface area contributed by atoms with Crippen LogP contribution in [0.3, 0.4) is 0 Å². The van der Waals surface area contributed by atoms with Crippen LogP contribution in [0.2, 0.25) is 0 Å². The summed E-state index contributed by atoms with van der Waals surface area (Å²) in [6.07, 6.45) is 5.81. The number of hydrogen-bond donors (Lipinski definition) is 1. The molecule has 2 rings (SSSR count). The van der Waals surface area contributed by atoms with Crippen LogP contribution >= 0.6 is 0 Å². The van der Waals surface area contributed by atoms with Crippen molar-refractivity contribution in [2.75, 3.05) is 13.7 Å². The molecule has 0 bridgehead atoms. The van der Waals surface area contributed by atoms with Gasteiger partial charge in [-0.3, -0.25) is 4.79 Å². The van der Waals surface area contributed by atoms with Crippen LogP contribution in [0.4, 0.5) is 0 Å². The van der Waals surface area contributed by atoms with E-state index in [4.69, 9.17) is 11.2 Å². The van der Waals surface area contributed by atoms with Crippen LogP contribution in [-0.2, 0) is 16.0 Å². The number of terminal acetylenes is 1. The zero-order valence-electron chi connectivity index (χ0n) is 11.8. The first kappa shape index (κ1) is 14.9. The van der Waals surface area contributed by atoms with Crippen LogP contribution in [-0.4, -0.2) is 41.6 Å². The van der Waals surface area contributed by atoms with Gasteiger partial charge in [0.1, 0.15) is 11.8 Å². The van der Waals surface area contributed by atoms with Gasteiger partial charge in [-0.2, -0.15) is 0 Å². The van der Waals surface area contributed by atoms with Crippen LogP contribution in [0.25, 0.3) is 0 Å². The van der Waals surface area contributed by atoms with Crippen molar-refractivity contribution in [3.8, 4) is 18.1 Å². The molecule has 0 spiro atoms. The summed E-state index contributed by atoms with van der Waals surface area (Å²) < 4.78 is 5.06. The first-order valence-corrected chi connectivity index (χ1v) is 6.66. The number of amides is 1. The summed E-state index contributed by atoms with van der Waals surface area (Å²) in [4.78, 5) is 24.8. The molecule has 1 fully saturated rings. The molecule has 0 aromatic heterocycles. The Balaban J connectivity index is 2.14. The molecule has 1 aliphatic heterocycles. The zero-order valence-corrected chi connectivity index (χ0v) is 11.8. The number of ether oxygens (including phenoxy) is 1. The fourth-order valence-corrected chi connectivity index (χ4v) is 2.46. The van der Waals surface area contributed by atoms with Crippen LogP contribution < -0.4 is 4.74 Å². The van der Waals surface area contributed by atoms with E-state index in [-0.39, 0.29) is 24.7 Å². The molecule has 2 atom stereocenters. The SMILES string of the molecule is C#CC1CC(=O)N([C@@H](Cc2ccc(OC)cc2)C(=O)O)C1. The Labute approximate surface area is 123 Å². The quantitative estimate of drug-likeness (QED) is 0.826. The third kappa shape index (κ3) is 3.34. The number of nitrogens with zero attached hydrogens (tertiary/aromatic N) is 1. The van der Waals surface area contributed by atoms with Gasteiger partial charge in [-0.1, -0.05) is 12.1 Å². The van der Waals surface area contributed by atoms with Crippen molar-refractivity contribution in [1.82, 2.24) is 4.90 Å². The third-order valence-electron chi connectivity index (χ3n) is 3.64. The Hall–Kier alpha value is -2.48. The highest BCUT2D eigenvalue weighted by atomic mass is 16.5. The smallest absolute Gasteiger partial charge is 0.326 e. The minimum atomic E-state index is -1.02. The number of methoxy groups -OCH3 is 1. The van der Waals surface area contributed by atoms with Gasteiger partial charge in [-0.15, -0.1) is 12.3 Å². The van der Waals surface area contributed by atoms with Crippen LogP contribution in [0.5, 0.6) is 5.75 Å². The van der Waals surface area contributed by atoms with Crippen molar-refractivity contribution in [3.63, 3.8) is 0 Å². The lowest BCUT2D eigenvalue weighted by atomic mass is 10.0. The van der Waals surface area contributed by atoms with Crippen molar-refractivity contribution >= 4 is 11.9 Å². The topological polar surface area (TPSA) is 66.8 Å². The molecule has 1 aromatic rings. The van der Waals surface area contributed by atoms with E-state index in [0.29, 0.717) is 12.3 Å². The second-order valence-electron chi connectivity index (χ2n) is 5.02. The summed E-state index contributed by atoms with van der Waals surface area (Å²) in [5.74, 6) is 1.82. The van der Waals surface area contributed by atoms with Crippen molar-refractivity contribution in [1.29, 1.82) is 0 Å². The fourth-order valence-electron chi connectivity index (χ4n) is 2.46. The largest absolute Gasteiger partial charge is 0.497 e. The highest BCUT2D eigenvalue weighted by molar-refractivity contribution is 5.85. The molecule has 1 aliphatic rings. The number of carbonyl (C=O) groups excluding carboxylic acids is 1. The minimum Gasteiger partial charge on any atom is -0.497 e. The van der Waals surface area contributed by atoms with E-state index in [2.05, 4.69) is 5.92 Å². The number of aliphatic carboxylic acids is 1. The molecule has 0 saturated carbocycles. The lowest BCUT2D eigenvalue weighted by Crippen LogP contribution is -2.43. The van der Waals surface area contributed by atoms with E-state index >= 15 is 0 Å². The molecule has 110 valence electrons. The van der Waals surface area contributed by atoms with E-state index in [1.165, 1.54) is 4.90 Å². The molecule has 1 N–H and O–H groups in total. The average Bonchev–Trinajstić information content (AvgIpc) is 2.86. The highest BCUT2D eigenvalue weighted by Gasteiger charge is 2.36. The monoisotopic (exact) mass is 287 g/mol. The number of benzene rings is 1. The number of likely N-dealkylation sites (tertiary alicyclic amines) is 1. The van der Waals surface area contributed by atoms with Crippen molar-refractivity contribution in [2.45, 2.75) is 18.9 Å². The van der Waals surface area contributed by atoms with Crippen LogP contribution in [0, 0.1) is 18.3 Å². The van der Waals surface area contributed by atoms with Crippen molar-refractivity contribution in [2.24, 2.45) is 5.92 Å². The number of hydrogen-bond acceptors (Lipinski definition) is 3. The number of carbonyl (C=O) groups is 2. The Bertz CT molecular complexity index is 573. The Morgan fingerprint density at radius 2 is 2.19 bits per heavy atom. The first-order valence-electron chi connectivity index (χ1n) is 6.66. The molecule has 21 heavy (non-hydrogen) atoms. The van der Waals surface area contributed by atoms with Gasteiger partial charge in [0.05, 0.1) is 7.11 Å². The fraction of sp³-hybridized carbons (Fsp3) is 0.375. The molecule has 1 amide bonds. The maximum Gasteiger partial charge on any atom is 0.326 e. The number of carboxylic acid groups (broad SMARTS) is 1. The molecule has 1 aromatic carbocycles. The second kappa shape index (κ2) is 6.31. The minimum absolute atomic E-state index is 0.195. The lowest BCUT2D eigenvalue weighted by molar-refractivity contribution is -0.148. The van der Waals surface area contributed by atoms with Gasteiger partial charge in [-0.05, 0) is 17.7 Å². The Morgan fingerprint density at radius 1 is 1.52 bits per heavy atom. The van der Waals surface area contributed by atoms with Crippen molar-refractivity contribution < 1.29 is 19.4 Å². The van der Waals surface area contributed by atoms with Crippen LogP contribution in [0.1, 0.15) is 12.0 Å². The highest BCUT2D eigenvalue weighted by Crippen LogP contribution is 2.22. The maximum atomic E-state index is 11.9. The van der Waals surface area contributed by atoms with E-state index in [0.717, 1.165) is 5.56 Å².